The summed E-state index contributed by atoms with van der Waals surface area (Å²) in [6.07, 6.45) is 1.13. The van der Waals surface area contributed by atoms with Crippen molar-refractivity contribution in [1.82, 2.24) is 19.5 Å². The van der Waals surface area contributed by atoms with E-state index in [4.69, 9.17) is 23.5 Å². The fourth-order valence-corrected chi connectivity index (χ4v) is 6.61. The molecule has 3 N–H and O–H groups in total. The van der Waals surface area contributed by atoms with Crippen LogP contribution in [0.25, 0.3) is 11.2 Å². The molecule has 14 nitrogen and oxygen atoms in total. The van der Waals surface area contributed by atoms with E-state index in [0.717, 1.165) is 16.7 Å². The highest BCUT2D eigenvalue weighted by molar-refractivity contribution is 7.32. The lowest BCUT2D eigenvalue weighted by molar-refractivity contribution is -0.116. The molecular formula is C36H37N5O9P+. The number of imidazole rings is 1. The largest absolute Gasteiger partial charge is 0.695 e. The fraction of sp³-hybridized carbons (Fsp3) is 0.278. The molecule has 0 aliphatic carbocycles. The Morgan fingerprint density at radius 2 is 1.69 bits per heavy atom. The number of aromatic amines is 1. The highest BCUT2D eigenvalue weighted by atomic mass is 31.1. The van der Waals surface area contributed by atoms with Gasteiger partial charge in [-0.1, -0.05) is 60.7 Å². The van der Waals surface area contributed by atoms with E-state index in [1.807, 2.05) is 78.9 Å². The number of nitrogens with one attached hydrogen (secondary N) is 2. The van der Waals surface area contributed by atoms with E-state index in [1.165, 1.54) is 10.9 Å². The fourth-order valence-electron chi connectivity index (χ4n) is 6.15. The Labute approximate surface area is 294 Å². The average molecular weight is 715 g/mol. The minimum atomic E-state index is -3.02. The zero-order valence-corrected chi connectivity index (χ0v) is 28.8. The van der Waals surface area contributed by atoms with Crippen molar-refractivity contribution < 1.29 is 37.7 Å². The van der Waals surface area contributed by atoms with Crippen LogP contribution in [0.2, 0.25) is 0 Å². The SMILES string of the molecule is C=CCCC(=O)Nc1nc2c(ncn2[C@H]2C[C@H](O[P+](=O)O)[C@@H](COC(c3ccccc3)(c3ccc(OC)cc3)c3ccc(OC)cc3)O2)c(=O)[nH]1. The van der Waals surface area contributed by atoms with E-state index in [2.05, 4.69) is 26.8 Å². The zero-order chi connectivity index (χ0) is 36.0. The third kappa shape index (κ3) is 7.60. The number of benzene rings is 3. The minimum absolute atomic E-state index is 0.0233. The molecule has 3 aromatic carbocycles. The Morgan fingerprint density at radius 3 is 2.27 bits per heavy atom. The molecule has 0 bridgehead atoms. The molecule has 2 aromatic heterocycles. The quantitative estimate of drug-likeness (QED) is 0.0722. The molecule has 5 aromatic rings. The summed E-state index contributed by atoms with van der Waals surface area (Å²) >= 11 is 0. The van der Waals surface area contributed by atoms with Crippen LogP contribution in [0.4, 0.5) is 5.95 Å². The number of anilines is 1. The van der Waals surface area contributed by atoms with Gasteiger partial charge in [0.2, 0.25) is 11.9 Å². The molecular weight excluding hydrogens is 677 g/mol. The van der Waals surface area contributed by atoms with Gasteiger partial charge in [-0.3, -0.25) is 24.5 Å². The van der Waals surface area contributed by atoms with Crippen LogP contribution < -0.4 is 20.3 Å². The molecule has 0 spiro atoms. The first kappa shape index (κ1) is 35.6. The number of aromatic nitrogens is 4. The number of fused-ring (bicyclic) bond motifs is 1. The molecule has 264 valence electrons. The molecule has 3 heterocycles. The number of carbonyl (C=O) groups is 1. The van der Waals surface area contributed by atoms with Crippen LogP contribution >= 0.6 is 8.25 Å². The summed E-state index contributed by atoms with van der Waals surface area (Å²) in [6, 6.07) is 24.7. The van der Waals surface area contributed by atoms with Crippen LogP contribution in [0.5, 0.6) is 11.5 Å². The number of hydrogen-bond acceptors (Lipinski definition) is 10. The van der Waals surface area contributed by atoms with E-state index in [9.17, 15) is 19.0 Å². The Balaban J connectivity index is 1.36. The minimum Gasteiger partial charge on any atom is -0.497 e. The van der Waals surface area contributed by atoms with Crippen LogP contribution in [0.3, 0.4) is 0 Å². The molecule has 1 amide bonds. The van der Waals surface area contributed by atoms with Crippen LogP contribution in [0.1, 0.15) is 42.2 Å². The maximum atomic E-state index is 12.9. The van der Waals surface area contributed by atoms with Gasteiger partial charge in [0.1, 0.15) is 35.5 Å². The molecule has 1 fully saturated rings. The van der Waals surface area contributed by atoms with Gasteiger partial charge in [-0.2, -0.15) is 4.98 Å². The summed E-state index contributed by atoms with van der Waals surface area (Å²) in [7, 11) is 0.166. The van der Waals surface area contributed by atoms with Crippen LogP contribution in [0.15, 0.2) is 103 Å². The molecule has 1 saturated heterocycles. The lowest BCUT2D eigenvalue weighted by atomic mass is 9.80. The lowest BCUT2D eigenvalue weighted by Gasteiger charge is -2.37. The van der Waals surface area contributed by atoms with Gasteiger partial charge >= 0.3 is 8.25 Å². The van der Waals surface area contributed by atoms with E-state index in [1.54, 1.807) is 20.3 Å². The van der Waals surface area contributed by atoms with Gasteiger partial charge in [0.25, 0.3) is 5.56 Å². The van der Waals surface area contributed by atoms with Gasteiger partial charge in [0.15, 0.2) is 11.2 Å². The van der Waals surface area contributed by atoms with Gasteiger partial charge in [-0.05, 0) is 47.4 Å². The molecule has 1 aliphatic rings. The summed E-state index contributed by atoms with van der Waals surface area (Å²) in [4.78, 5) is 46.3. The van der Waals surface area contributed by atoms with Crippen molar-refractivity contribution in [3.05, 3.63) is 125 Å². The van der Waals surface area contributed by atoms with Gasteiger partial charge in [-0.25, -0.2) is 4.98 Å². The third-order valence-electron chi connectivity index (χ3n) is 8.62. The molecule has 0 radical (unpaired) electrons. The smallest absolute Gasteiger partial charge is 0.497 e. The number of methoxy groups -OCH3 is 2. The number of rotatable bonds is 15. The summed E-state index contributed by atoms with van der Waals surface area (Å²) in [5.74, 6) is 0.918. The maximum Gasteiger partial charge on any atom is 0.695 e. The summed E-state index contributed by atoms with van der Waals surface area (Å²) in [5, 5.41) is 2.59. The number of ether oxygens (including phenoxy) is 4. The Morgan fingerprint density at radius 1 is 1.06 bits per heavy atom. The molecule has 4 atom stereocenters. The lowest BCUT2D eigenvalue weighted by Crippen LogP contribution is -2.38. The Kier molecular flexibility index (Phi) is 11.0. The number of amides is 1. The molecule has 6 rings (SSSR count). The Hall–Kier alpha value is -5.24. The molecule has 0 saturated carbocycles. The highest BCUT2D eigenvalue weighted by Gasteiger charge is 2.46. The number of nitrogens with zero attached hydrogens (tertiary/aromatic N) is 3. The predicted octanol–water partition coefficient (Wildman–Crippen LogP) is 5.37. The van der Waals surface area contributed by atoms with Crippen molar-refractivity contribution in [2.75, 3.05) is 26.1 Å². The third-order valence-corrected chi connectivity index (χ3v) is 9.07. The van der Waals surface area contributed by atoms with Crippen LogP contribution in [-0.4, -0.2) is 63.4 Å². The van der Waals surface area contributed by atoms with Gasteiger partial charge in [-0.15, -0.1) is 16.0 Å². The monoisotopic (exact) mass is 714 g/mol. The standard InChI is InChI=1S/C36H36N5O9P/c1-4-5-11-30(42)38-35-39-33-32(34(43)40-35)37-22-41(33)31-20-28(50-51(44)45)29(49-31)21-48-36(23-9-7-6-8-10-23,24-12-16-26(46-2)17-13-24)25-14-18-27(47-3)19-15-25/h4,6-10,12-19,22,28-29,31H,1,5,11,20-21H2,2-3H3,(H2-,38,39,40,42,43,44,45)/p+1/t28-,29+,31+/m0/s1. The summed E-state index contributed by atoms with van der Waals surface area (Å²) < 4.78 is 43.4. The maximum absolute atomic E-state index is 12.9. The predicted molar refractivity (Wildman–Crippen MR) is 188 cm³/mol. The van der Waals surface area contributed by atoms with Crippen molar-refractivity contribution in [2.24, 2.45) is 0 Å². The van der Waals surface area contributed by atoms with E-state index in [-0.39, 0.29) is 42.5 Å². The van der Waals surface area contributed by atoms with Crippen LogP contribution in [0, 0.1) is 0 Å². The first-order valence-electron chi connectivity index (χ1n) is 16.1. The van der Waals surface area contributed by atoms with Crippen molar-refractivity contribution >= 4 is 31.3 Å². The van der Waals surface area contributed by atoms with E-state index < -0.39 is 37.9 Å². The first-order valence-corrected chi connectivity index (χ1v) is 17.2. The summed E-state index contributed by atoms with van der Waals surface area (Å²) in [5.41, 5.74) is 0.795. The van der Waals surface area contributed by atoms with Gasteiger partial charge in [0, 0.05) is 17.4 Å². The van der Waals surface area contributed by atoms with Crippen molar-refractivity contribution in [3.63, 3.8) is 0 Å². The number of hydrogen-bond donors (Lipinski definition) is 3. The first-order chi connectivity index (χ1) is 24.7. The van der Waals surface area contributed by atoms with Crippen molar-refractivity contribution in [2.45, 2.75) is 43.3 Å². The Bertz CT molecular complexity index is 2000. The molecule has 1 aliphatic heterocycles. The van der Waals surface area contributed by atoms with Gasteiger partial charge in [0.05, 0.1) is 27.2 Å². The van der Waals surface area contributed by atoms with Crippen LogP contribution in [-0.2, 0) is 29.0 Å². The topological polar surface area (TPSA) is 176 Å². The average Bonchev–Trinajstić information content (AvgIpc) is 3.75. The second kappa shape index (κ2) is 15.8. The number of H-pyrrole nitrogens is 1. The second-order valence-corrected chi connectivity index (χ2v) is 12.4. The highest BCUT2D eigenvalue weighted by Crippen LogP contribution is 2.44. The van der Waals surface area contributed by atoms with Gasteiger partial charge < -0.3 is 18.9 Å². The van der Waals surface area contributed by atoms with Crippen molar-refractivity contribution in [1.29, 1.82) is 0 Å². The number of allylic oxidation sites excluding steroid dienone is 1. The van der Waals surface area contributed by atoms with Crippen molar-refractivity contribution in [3.8, 4) is 11.5 Å². The zero-order valence-electron chi connectivity index (χ0n) is 27.9. The molecule has 51 heavy (non-hydrogen) atoms. The normalized spacial score (nSPS) is 17.6. The molecule has 1 unspecified atom stereocenters. The number of carbonyl (C=O) groups excluding carboxylic acids is 1. The van der Waals surface area contributed by atoms with E-state index in [0.29, 0.717) is 17.9 Å². The molecule has 15 heteroatoms. The summed E-state index contributed by atoms with van der Waals surface area (Å²) in [6.45, 7) is 3.52. The second-order valence-electron chi connectivity index (χ2n) is 11.7. The van der Waals surface area contributed by atoms with E-state index >= 15 is 0 Å².